The number of benzene rings is 1. The Hall–Kier alpha value is -2.08. The number of hydrogen-bond acceptors (Lipinski definition) is 2. The van der Waals surface area contributed by atoms with Gasteiger partial charge in [0.25, 0.3) is 5.91 Å². The van der Waals surface area contributed by atoms with Crippen molar-refractivity contribution in [3.63, 3.8) is 0 Å². The quantitative estimate of drug-likeness (QED) is 0.831. The van der Waals surface area contributed by atoms with Gasteiger partial charge in [-0.2, -0.15) is 5.26 Å². The summed E-state index contributed by atoms with van der Waals surface area (Å²) in [6.07, 6.45) is 5.08. The van der Waals surface area contributed by atoms with Crippen LogP contribution in [0.5, 0.6) is 0 Å². The maximum atomic E-state index is 12.3. The van der Waals surface area contributed by atoms with Crippen molar-refractivity contribution in [1.82, 2.24) is 5.32 Å². The largest absolute Gasteiger partial charge is 0.346 e. The van der Waals surface area contributed by atoms with E-state index in [2.05, 4.69) is 25.2 Å². The number of hydrogen-bond donors (Lipinski definition) is 1. The molecular weight excluding hydrogens is 272 g/mol. The zero-order valence-electron chi connectivity index (χ0n) is 13.7. The third-order valence-corrected chi connectivity index (χ3v) is 4.36. The standard InChI is InChI=1S/C19H24N2O/c1-4-5-6-11-19(3)12-16(17(13-20)18(22)21-19)15-9-7-14(2)8-10-15/h7-10H,4-6,11-12H2,1-3H3,(H,21,22). The average molecular weight is 296 g/mol. The summed E-state index contributed by atoms with van der Waals surface area (Å²) in [5, 5.41) is 12.4. The molecule has 1 aliphatic heterocycles. The first kappa shape index (κ1) is 16.3. The minimum absolute atomic E-state index is 0.233. The van der Waals surface area contributed by atoms with Gasteiger partial charge >= 0.3 is 0 Å². The highest BCUT2D eigenvalue weighted by Gasteiger charge is 2.35. The molecule has 1 unspecified atom stereocenters. The molecule has 0 aliphatic carbocycles. The summed E-state index contributed by atoms with van der Waals surface area (Å²) in [4.78, 5) is 12.3. The summed E-state index contributed by atoms with van der Waals surface area (Å²) in [6.45, 7) is 6.29. The zero-order chi connectivity index (χ0) is 16.2. The van der Waals surface area contributed by atoms with Crippen LogP contribution in [-0.2, 0) is 4.79 Å². The maximum Gasteiger partial charge on any atom is 0.262 e. The second-order valence-corrected chi connectivity index (χ2v) is 6.48. The second kappa shape index (κ2) is 6.79. The van der Waals surface area contributed by atoms with Crippen molar-refractivity contribution in [3.05, 3.63) is 41.0 Å². The van der Waals surface area contributed by atoms with Crippen LogP contribution in [0.25, 0.3) is 5.57 Å². The number of carbonyl (C=O) groups excluding carboxylic acids is 1. The minimum Gasteiger partial charge on any atom is -0.346 e. The SMILES string of the molecule is CCCCCC1(C)CC(c2ccc(C)cc2)=C(C#N)C(=O)N1. The van der Waals surface area contributed by atoms with Crippen molar-refractivity contribution >= 4 is 11.5 Å². The molecule has 0 spiro atoms. The van der Waals surface area contributed by atoms with Gasteiger partial charge in [-0.1, -0.05) is 56.0 Å². The van der Waals surface area contributed by atoms with E-state index >= 15 is 0 Å². The molecule has 0 saturated carbocycles. The van der Waals surface area contributed by atoms with Crippen molar-refractivity contribution in [3.8, 4) is 6.07 Å². The molecule has 1 aromatic carbocycles. The lowest BCUT2D eigenvalue weighted by molar-refractivity contribution is -0.119. The molecule has 1 N–H and O–H groups in total. The van der Waals surface area contributed by atoms with E-state index in [-0.39, 0.29) is 17.0 Å². The van der Waals surface area contributed by atoms with Crippen LogP contribution in [0.3, 0.4) is 0 Å². The fraction of sp³-hybridized carbons (Fsp3) is 0.474. The Bertz CT molecular complexity index is 622. The molecule has 0 saturated heterocycles. The molecule has 0 bridgehead atoms. The molecule has 0 fully saturated rings. The van der Waals surface area contributed by atoms with Crippen LogP contribution in [0.15, 0.2) is 29.8 Å². The van der Waals surface area contributed by atoms with Crippen LogP contribution >= 0.6 is 0 Å². The van der Waals surface area contributed by atoms with Gasteiger partial charge in [0.15, 0.2) is 0 Å². The third kappa shape index (κ3) is 3.57. The van der Waals surface area contributed by atoms with Gasteiger partial charge in [-0.25, -0.2) is 0 Å². The molecule has 1 amide bonds. The first-order chi connectivity index (χ1) is 10.5. The van der Waals surface area contributed by atoms with Crippen LogP contribution in [-0.4, -0.2) is 11.4 Å². The summed E-state index contributed by atoms with van der Waals surface area (Å²) >= 11 is 0. The molecule has 0 aromatic heterocycles. The predicted molar refractivity (Wildman–Crippen MR) is 89.0 cm³/mol. The van der Waals surface area contributed by atoms with Crippen LogP contribution in [0, 0.1) is 18.3 Å². The summed E-state index contributed by atoms with van der Waals surface area (Å²) < 4.78 is 0. The number of nitrogens with one attached hydrogen (secondary N) is 1. The van der Waals surface area contributed by atoms with Crippen molar-refractivity contribution in [2.24, 2.45) is 0 Å². The van der Waals surface area contributed by atoms with E-state index in [0.717, 1.165) is 30.4 Å². The Morgan fingerprint density at radius 3 is 2.55 bits per heavy atom. The van der Waals surface area contributed by atoms with E-state index in [1.165, 1.54) is 12.0 Å². The van der Waals surface area contributed by atoms with Gasteiger partial charge in [-0.3, -0.25) is 4.79 Å². The summed E-state index contributed by atoms with van der Waals surface area (Å²) in [6, 6.07) is 10.2. The molecule has 1 heterocycles. The molecule has 3 nitrogen and oxygen atoms in total. The minimum atomic E-state index is -0.257. The number of nitriles is 1. The van der Waals surface area contributed by atoms with E-state index in [1.54, 1.807) is 0 Å². The lowest BCUT2D eigenvalue weighted by Gasteiger charge is -2.36. The number of amides is 1. The maximum absolute atomic E-state index is 12.3. The van der Waals surface area contributed by atoms with Crippen molar-refractivity contribution in [2.75, 3.05) is 0 Å². The number of aryl methyl sites for hydroxylation is 1. The van der Waals surface area contributed by atoms with Crippen LogP contribution in [0.1, 0.15) is 57.1 Å². The van der Waals surface area contributed by atoms with E-state index in [1.807, 2.05) is 31.2 Å². The first-order valence-electron chi connectivity index (χ1n) is 8.02. The summed E-state index contributed by atoms with van der Waals surface area (Å²) in [5.74, 6) is -0.233. The van der Waals surface area contributed by atoms with Gasteiger partial charge < -0.3 is 5.32 Å². The molecule has 116 valence electrons. The average Bonchev–Trinajstić information content (AvgIpc) is 2.47. The Kier molecular flexibility index (Phi) is 5.03. The fourth-order valence-electron chi connectivity index (χ4n) is 3.03. The molecular formula is C19H24N2O. The van der Waals surface area contributed by atoms with Crippen molar-refractivity contribution < 1.29 is 4.79 Å². The topological polar surface area (TPSA) is 52.9 Å². The third-order valence-electron chi connectivity index (χ3n) is 4.36. The normalized spacial score (nSPS) is 21.5. The molecule has 1 aliphatic rings. The van der Waals surface area contributed by atoms with E-state index in [9.17, 15) is 10.1 Å². The Morgan fingerprint density at radius 2 is 1.95 bits per heavy atom. The summed E-state index contributed by atoms with van der Waals surface area (Å²) in [7, 11) is 0. The van der Waals surface area contributed by atoms with Crippen molar-refractivity contribution in [1.29, 1.82) is 5.26 Å². The Labute approximate surface area is 133 Å². The molecule has 1 aromatic rings. The number of unbranched alkanes of at least 4 members (excludes halogenated alkanes) is 2. The van der Waals surface area contributed by atoms with E-state index < -0.39 is 0 Å². The van der Waals surface area contributed by atoms with Crippen LogP contribution in [0.4, 0.5) is 0 Å². The summed E-state index contributed by atoms with van der Waals surface area (Å²) in [5.41, 5.74) is 3.04. The monoisotopic (exact) mass is 296 g/mol. The highest BCUT2D eigenvalue weighted by molar-refractivity contribution is 6.07. The number of rotatable bonds is 5. The highest BCUT2D eigenvalue weighted by Crippen LogP contribution is 2.35. The predicted octanol–water partition coefficient (Wildman–Crippen LogP) is 4.13. The zero-order valence-corrected chi connectivity index (χ0v) is 13.7. The fourth-order valence-corrected chi connectivity index (χ4v) is 3.03. The molecule has 1 atom stereocenters. The van der Waals surface area contributed by atoms with Gasteiger partial charge in [-0.05, 0) is 37.8 Å². The first-order valence-corrected chi connectivity index (χ1v) is 8.02. The van der Waals surface area contributed by atoms with Crippen molar-refractivity contribution in [2.45, 2.75) is 58.4 Å². The smallest absolute Gasteiger partial charge is 0.262 e. The number of carbonyl (C=O) groups is 1. The second-order valence-electron chi connectivity index (χ2n) is 6.48. The van der Waals surface area contributed by atoms with Gasteiger partial charge in [0, 0.05) is 5.54 Å². The number of nitrogens with zero attached hydrogens (tertiary/aromatic N) is 1. The molecule has 22 heavy (non-hydrogen) atoms. The molecule has 3 heteroatoms. The Balaban J connectivity index is 2.33. The van der Waals surface area contributed by atoms with Gasteiger partial charge in [-0.15, -0.1) is 0 Å². The molecule has 2 rings (SSSR count). The van der Waals surface area contributed by atoms with Crippen LogP contribution in [0.2, 0.25) is 0 Å². The van der Waals surface area contributed by atoms with E-state index in [4.69, 9.17) is 0 Å². The molecule has 0 radical (unpaired) electrons. The van der Waals surface area contributed by atoms with Crippen LogP contribution < -0.4 is 5.32 Å². The lowest BCUT2D eigenvalue weighted by Crippen LogP contribution is -2.49. The van der Waals surface area contributed by atoms with Gasteiger partial charge in [0.05, 0.1) is 0 Å². The van der Waals surface area contributed by atoms with Gasteiger partial charge in [0.1, 0.15) is 11.6 Å². The Morgan fingerprint density at radius 1 is 1.27 bits per heavy atom. The lowest BCUT2D eigenvalue weighted by atomic mass is 9.80. The van der Waals surface area contributed by atoms with E-state index in [0.29, 0.717) is 6.42 Å². The highest BCUT2D eigenvalue weighted by atomic mass is 16.1. The van der Waals surface area contributed by atoms with Gasteiger partial charge in [0.2, 0.25) is 0 Å².